The Morgan fingerprint density at radius 3 is 2.60 bits per heavy atom. The third-order valence-corrected chi connectivity index (χ3v) is 3.24. The monoisotopic (exact) mass is 461 g/mol. The highest BCUT2D eigenvalue weighted by atomic mass is 127. The van der Waals surface area contributed by atoms with Gasteiger partial charge < -0.3 is 20.1 Å². The number of guanidine groups is 1. The van der Waals surface area contributed by atoms with Crippen LogP contribution in [0, 0.1) is 0 Å². The van der Waals surface area contributed by atoms with Gasteiger partial charge >= 0.3 is 0 Å². The van der Waals surface area contributed by atoms with Gasteiger partial charge in [0.05, 0.1) is 13.2 Å². The number of rotatable bonds is 8. The maximum Gasteiger partial charge on any atom is 0.213 e. The molecule has 0 saturated heterocycles. The number of halogens is 1. The van der Waals surface area contributed by atoms with Crippen LogP contribution in [0.3, 0.4) is 0 Å². The van der Waals surface area contributed by atoms with Gasteiger partial charge in [-0.15, -0.1) is 24.0 Å². The molecule has 2 aromatic heterocycles. The Morgan fingerprint density at radius 2 is 2.00 bits per heavy atom. The number of ether oxygens (including phenoxy) is 2. The quantitative estimate of drug-likeness (QED) is 0.259. The van der Waals surface area contributed by atoms with Crippen LogP contribution in [0.1, 0.15) is 11.4 Å². The molecule has 2 aromatic rings. The molecule has 10 heteroatoms. The minimum atomic E-state index is 0. The molecule has 0 bridgehead atoms. The standard InChI is InChI=1S/C15H23N7O2.HI/c1-16-15(19-10-13-20-11-21-22(13)2)18-9-12-4-5-14(17-8-12)24-7-6-23-3;/h4-5,8,11H,6-7,9-10H2,1-3H3,(H2,16,18,19);1H. The van der Waals surface area contributed by atoms with Crippen molar-refractivity contribution in [2.24, 2.45) is 12.0 Å². The first kappa shape index (κ1) is 21.1. The fraction of sp³-hybridized carbons (Fsp3) is 0.467. The van der Waals surface area contributed by atoms with Crippen molar-refractivity contribution in [3.05, 3.63) is 36.0 Å². The van der Waals surface area contributed by atoms with Crippen LogP contribution in [-0.4, -0.2) is 53.1 Å². The van der Waals surface area contributed by atoms with E-state index in [1.165, 1.54) is 6.33 Å². The molecule has 0 amide bonds. The van der Waals surface area contributed by atoms with E-state index in [0.29, 0.717) is 38.1 Å². The summed E-state index contributed by atoms with van der Waals surface area (Å²) in [6.45, 7) is 2.17. The number of pyridine rings is 1. The van der Waals surface area contributed by atoms with Crippen LogP contribution < -0.4 is 15.4 Å². The molecule has 0 atom stereocenters. The summed E-state index contributed by atoms with van der Waals surface area (Å²) in [7, 11) is 5.20. The molecule has 0 unspecified atom stereocenters. The normalized spacial score (nSPS) is 10.9. The summed E-state index contributed by atoms with van der Waals surface area (Å²) in [5, 5.41) is 10.4. The average Bonchev–Trinajstić information content (AvgIpc) is 3.01. The largest absolute Gasteiger partial charge is 0.475 e. The first-order valence-corrected chi connectivity index (χ1v) is 7.57. The van der Waals surface area contributed by atoms with Crippen LogP contribution >= 0.6 is 24.0 Å². The zero-order valence-electron chi connectivity index (χ0n) is 14.6. The fourth-order valence-electron chi connectivity index (χ4n) is 1.88. The van der Waals surface area contributed by atoms with Gasteiger partial charge in [0.2, 0.25) is 5.88 Å². The number of nitrogens with one attached hydrogen (secondary N) is 2. The highest BCUT2D eigenvalue weighted by Gasteiger charge is 2.03. The van der Waals surface area contributed by atoms with Crippen LogP contribution in [0.4, 0.5) is 0 Å². The molecule has 2 heterocycles. The van der Waals surface area contributed by atoms with Crippen molar-refractivity contribution in [1.29, 1.82) is 0 Å². The van der Waals surface area contributed by atoms with Crippen LogP contribution in [0.25, 0.3) is 0 Å². The zero-order valence-corrected chi connectivity index (χ0v) is 16.9. The van der Waals surface area contributed by atoms with Gasteiger partial charge in [0.25, 0.3) is 0 Å². The summed E-state index contributed by atoms with van der Waals surface area (Å²) in [5.41, 5.74) is 1.02. The summed E-state index contributed by atoms with van der Waals surface area (Å²) >= 11 is 0. The first-order chi connectivity index (χ1) is 11.7. The van der Waals surface area contributed by atoms with Gasteiger partial charge in [0, 0.05) is 40.0 Å². The number of methoxy groups -OCH3 is 1. The van der Waals surface area contributed by atoms with E-state index < -0.39 is 0 Å². The molecule has 0 aromatic carbocycles. The Balaban J connectivity index is 0.00000312. The molecular weight excluding hydrogens is 437 g/mol. The maximum atomic E-state index is 5.43. The maximum absolute atomic E-state index is 5.43. The Bertz CT molecular complexity index is 646. The first-order valence-electron chi connectivity index (χ1n) is 7.57. The number of hydrogen-bond donors (Lipinski definition) is 2. The highest BCUT2D eigenvalue weighted by Crippen LogP contribution is 2.07. The van der Waals surface area contributed by atoms with E-state index in [1.807, 2.05) is 19.2 Å². The van der Waals surface area contributed by atoms with Gasteiger partial charge in [-0.05, 0) is 5.56 Å². The number of aryl methyl sites for hydroxylation is 1. The van der Waals surface area contributed by atoms with Crippen molar-refractivity contribution < 1.29 is 9.47 Å². The summed E-state index contributed by atoms with van der Waals surface area (Å²) < 4.78 is 12.1. The lowest BCUT2D eigenvalue weighted by Crippen LogP contribution is -2.36. The minimum absolute atomic E-state index is 0. The lowest BCUT2D eigenvalue weighted by molar-refractivity contribution is 0.143. The van der Waals surface area contributed by atoms with Gasteiger partial charge in [-0.2, -0.15) is 5.10 Å². The number of aliphatic imine (C=N–C) groups is 1. The molecular formula is C15H24IN7O2. The van der Waals surface area contributed by atoms with Gasteiger partial charge in [0.1, 0.15) is 18.8 Å². The Morgan fingerprint density at radius 1 is 1.20 bits per heavy atom. The second-order valence-corrected chi connectivity index (χ2v) is 4.93. The Kier molecular flexibility index (Phi) is 9.77. The van der Waals surface area contributed by atoms with Crippen LogP contribution in [0.2, 0.25) is 0 Å². The summed E-state index contributed by atoms with van der Waals surface area (Å²) in [5.74, 6) is 2.09. The van der Waals surface area contributed by atoms with E-state index >= 15 is 0 Å². The highest BCUT2D eigenvalue weighted by molar-refractivity contribution is 14.0. The molecule has 0 radical (unpaired) electrons. The molecule has 9 nitrogen and oxygen atoms in total. The summed E-state index contributed by atoms with van der Waals surface area (Å²) in [6.07, 6.45) is 3.29. The Hall–Kier alpha value is -1.95. The van der Waals surface area contributed by atoms with E-state index in [-0.39, 0.29) is 24.0 Å². The molecule has 0 aliphatic carbocycles. The smallest absolute Gasteiger partial charge is 0.213 e. The average molecular weight is 461 g/mol. The third-order valence-electron chi connectivity index (χ3n) is 3.24. The molecule has 2 N–H and O–H groups in total. The lowest BCUT2D eigenvalue weighted by atomic mass is 10.3. The zero-order chi connectivity index (χ0) is 17.2. The van der Waals surface area contributed by atoms with E-state index in [1.54, 1.807) is 25.0 Å². The lowest BCUT2D eigenvalue weighted by Gasteiger charge is -2.11. The van der Waals surface area contributed by atoms with E-state index in [9.17, 15) is 0 Å². The minimum Gasteiger partial charge on any atom is -0.475 e. The van der Waals surface area contributed by atoms with Crippen LogP contribution in [-0.2, 0) is 24.9 Å². The van der Waals surface area contributed by atoms with Gasteiger partial charge in [-0.3, -0.25) is 9.67 Å². The van der Waals surface area contributed by atoms with Crippen molar-refractivity contribution in [2.45, 2.75) is 13.1 Å². The molecule has 0 spiro atoms. The van der Waals surface area contributed by atoms with Crippen molar-refractivity contribution >= 4 is 29.9 Å². The molecule has 0 fully saturated rings. The summed E-state index contributed by atoms with van der Waals surface area (Å²) in [4.78, 5) is 12.6. The molecule has 0 saturated carbocycles. The molecule has 0 aliphatic heterocycles. The topological polar surface area (TPSA) is 98.5 Å². The van der Waals surface area contributed by atoms with E-state index in [4.69, 9.17) is 9.47 Å². The van der Waals surface area contributed by atoms with Crippen molar-refractivity contribution in [3.63, 3.8) is 0 Å². The second-order valence-electron chi connectivity index (χ2n) is 4.93. The second kappa shape index (κ2) is 11.6. The van der Waals surface area contributed by atoms with Crippen LogP contribution in [0.5, 0.6) is 5.88 Å². The molecule has 2 rings (SSSR count). The number of aromatic nitrogens is 4. The van der Waals surface area contributed by atoms with Gasteiger partial charge in [-0.25, -0.2) is 9.97 Å². The predicted octanol–water partition coefficient (Wildman–Crippen LogP) is 0.718. The summed E-state index contributed by atoms with van der Waals surface area (Å²) in [6, 6.07) is 3.79. The predicted molar refractivity (Wildman–Crippen MR) is 105 cm³/mol. The van der Waals surface area contributed by atoms with Gasteiger partial charge in [0.15, 0.2) is 5.96 Å². The third kappa shape index (κ3) is 7.22. The van der Waals surface area contributed by atoms with Crippen molar-refractivity contribution in [2.75, 3.05) is 27.4 Å². The van der Waals surface area contributed by atoms with E-state index in [2.05, 4.69) is 30.7 Å². The molecule has 138 valence electrons. The molecule has 25 heavy (non-hydrogen) atoms. The van der Waals surface area contributed by atoms with E-state index in [0.717, 1.165) is 11.4 Å². The van der Waals surface area contributed by atoms with Crippen LogP contribution in [0.15, 0.2) is 29.6 Å². The van der Waals surface area contributed by atoms with Gasteiger partial charge in [-0.1, -0.05) is 6.07 Å². The van der Waals surface area contributed by atoms with Crippen molar-refractivity contribution in [3.8, 4) is 5.88 Å². The number of nitrogens with zero attached hydrogens (tertiary/aromatic N) is 5. The van der Waals surface area contributed by atoms with Crippen molar-refractivity contribution in [1.82, 2.24) is 30.4 Å². The SMILES string of the molecule is CN=C(NCc1ccc(OCCOC)nc1)NCc1ncnn1C.I. The Labute approximate surface area is 164 Å². The molecule has 0 aliphatic rings. The number of hydrogen-bond acceptors (Lipinski definition) is 6. The fourth-order valence-corrected chi connectivity index (χ4v) is 1.88.